The lowest BCUT2D eigenvalue weighted by molar-refractivity contribution is -0.141. The summed E-state index contributed by atoms with van der Waals surface area (Å²) in [6, 6.07) is 9.56. The maximum Gasteiger partial charge on any atom is 0.308 e. The van der Waals surface area contributed by atoms with E-state index in [1.54, 1.807) is 11.0 Å². The Labute approximate surface area is 136 Å². The van der Waals surface area contributed by atoms with Gasteiger partial charge in [0.15, 0.2) is 0 Å². The normalized spacial score (nSPS) is 20.4. The van der Waals surface area contributed by atoms with Gasteiger partial charge in [-0.15, -0.1) is 6.58 Å². The van der Waals surface area contributed by atoms with Gasteiger partial charge >= 0.3 is 5.97 Å². The minimum absolute atomic E-state index is 0.00289. The van der Waals surface area contributed by atoms with Crippen molar-refractivity contribution >= 4 is 11.9 Å². The van der Waals surface area contributed by atoms with Crippen LogP contribution in [0.4, 0.5) is 0 Å². The van der Waals surface area contributed by atoms with Crippen molar-refractivity contribution in [2.45, 2.75) is 18.8 Å². The van der Waals surface area contributed by atoms with Gasteiger partial charge in [-0.25, -0.2) is 0 Å². The van der Waals surface area contributed by atoms with Gasteiger partial charge in [0, 0.05) is 32.0 Å². The first-order valence-electron chi connectivity index (χ1n) is 7.87. The minimum atomic E-state index is -0.844. The lowest BCUT2D eigenvalue weighted by atomic mass is 9.89. The number of nitrogens with zero attached hydrogens (tertiary/aromatic N) is 1. The molecule has 2 atom stereocenters. The Morgan fingerprint density at radius 3 is 2.70 bits per heavy atom. The molecule has 0 aromatic heterocycles. The SMILES string of the molecule is C=CCOCCCC(=O)N1CC(C(=O)O)C(c2ccccc2)C1. The van der Waals surface area contributed by atoms with Crippen LogP contribution < -0.4 is 0 Å². The molecule has 1 amide bonds. The number of benzene rings is 1. The average Bonchev–Trinajstić information content (AvgIpc) is 3.01. The Bertz CT molecular complexity index is 543. The fourth-order valence-corrected chi connectivity index (χ4v) is 2.95. The molecule has 2 unspecified atom stereocenters. The van der Waals surface area contributed by atoms with Crippen molar-refractivity contribution in [3.8, 4) is 0 Å². The van der Waals surface area contributed by atoms with Gasteiger partial charge in [0.1, 0.15) is 0 Å². The number of hydrogen-bond donors (Lipinski definition) is 1. The Balaban J connectivity index is 1.93. The molecular formula is C18H23NO4. The highest BCUT2D eigenvalue weighted by Gasteiger charge is 2.40. The van der Waals surface area contributed by atoms with E-state index in [1.165, 1.54) is 0 Å². The van der Waals surface area contributed by atoms with E-state index in [9.17, 15) is 14.7 Å². The van der Waals surface area contributed by atoms with Crippen LogP contribution in [0.25, 0.3) is 0 Å². The second-order valence-corrected chi connectivity index (χ2v) is 5.73. The summed E-state index contributed by atoms with van der Waals surface area (Å²) >= 11 is 0. The molecule has 23 heavy (non-hydrogen) atoms. The molecule has 0 bridgehead atoms. The van der Waals surface area contributed by atoms with Crippen molar-refractivity contribution in [3.63, 3.8) is 0 Å². The summed E-state index contributed by atoms with van der Waals surface area (Å²) in [7, 11) is 0. The van der Waals surface area contributed by atoms with Gasteiger partial charge in [-0.1, -0.05) is 36.4 Å². The fraction of sp³-hybridized carbons (Fsp3) is 0.444. The van der Waals surface area contributed by atoms with Gasteiger partial charge in [-0.05, 0) is 12.0 Å². The van der Waals surface area contributed by atoms with Crippen molar-refractivity contribution in [1.82, 2.24) is 4.90 Å². The molecule has 1 aromatic carbocycles. The molecule has 0 saturated carbocycles. The van der Waals surface area contributed by atoms with Gasteiger partial charge < -0.3 is 14.7 Å². The maximum absolute atomic E-state index is 12.3. The van der Waals surface area contributed by atoms with Crippen LogP contribution in [0.1, 0.15) is 24.3 Å². The van der Waals surface area contributed by atoms with Crippen LogP contribution in [0.3, 0.4) is 0 Å². The zero-order valence-electron chi connectivity index (χ0n) is 13.2. The lowest BCUT2D eigenvalue weighted by Crippen LogP contribution is -2.29. The summed E-state index contributed by atoms with van der Waals surface area (Å²) in [5.41, 5.74) is 0.976. The van der Waals surface area contributed by atoms with Crippen molar-refractivity contribution in [2.75, 3.05) is 26.3 Å². The van der Waals surface area contributed by atoms with Crippen molar-refractivity contribution in [2.24, 2.45) is 5.92 Å². The third kappa shape index (κ3) is 4.66. The first-order chi connectivity index (χ1) is 11.1. The predicted octanol–water partition coefficient (Wildman–Crippen LogP) is 2.30. The number of rotatable bonds is 8. The highest BCUT2D eigenvalue weighted by Crippen LogP contribution is 2.33. The number of carboxylic acid groups (broad SMARTS) is 1. The Kier molecular flexibility index (Phi) is 6.35. The van der Waals surface area contributed by atoms with Crippen molar-refractivity contribution in [1.29, 1.82) is 0 Å². The summed E-state index contributed by atoms with van der Waals surface area (Å²) in [5, 5.41) is 9.45. The molecule has 0 spiro atoms. The molecule has 5 heteroatoms. The third-order valence-electron chi connectivity index (χ3n) is 4.13. The van der Waals surface area contributed by atoms with Crippen molar-refractivity contribution < 1.29 is 19.4 Å². The van der Waals surface area contributed by atoms with Gasteiger partial charge in [0.05, 0.1) is 12.5 Å². The first kappa shape index (κ1) is 17.2. The zero-order chi connectivity index (χ0) is 16.7. The van der Waals surface area contributed by atoms with E-state index in [0.29, 0.717) is 32.6 Å². The second-order valence-electron chi connectivity index (χ2n) is 5.73. The topological polar surface area (TPSA) is 66.8 Å². The Morgan fingerprint density at radius 1 is 1.30 bits per heavy atom. The number of carbonyl (C=O) groups excluding carboxylic acids is 1. The van der Waals surface area contributed by atoms with Gasteiger partial charge in [0.25, 0.3) is 0 Å². The van der Waals surface area contributed by atoms with Crippen molar-refractivity contribution in [3.05, 3.63) is 48.6 Å². The number of ether oxygens (including phenoxy) is 1. The number of hydrogen-bond acceptors (Lipinski definition) is 3. The molecular weight excluding hydrogens is 294 g/mol. The van der Waals surface area contributed by atoms with E-state index in [-0.39, 0.29) is 18.4 Å². The van der Waals surface area contributed by atoms with Gasteiger partial charge in [0.2, 0.25) is 5.91 Å². The molecule has 1 aliphatic heterocycles. The maximum atomic E-state index is 12.3. The predicted molar refractivity (Wildman–Crippen MR) is 87.1 cm³/mol. The van der Waals surface area contributed by atoms with E-state index in [4.69, 9.17) is 4.74 Å². The Morgan fingerprint density at radius 2 is 2.04 bits per heavy atom. The molecule has 1 aliphatic rings. The molecule has 5 nitrogen and oxygen atoms in total. The molecule has 124 valence electrons. The van der Waals surface area contributed by atoms with Crippen LogP contribution >= 0.6 is 0 Å². The molecule has 0 aliphatic carbocycles. The van der Waals surface area contributed by atoms with E-state index in [1.807, 2.05) is 30.3 Å². The quantitative estimate of drug-likeness (QED) is 0.590. The lowest BCUT2D eigenvalue weighted by Gasteiger charge is -2.16. The van der Waals surface area contributed by atoms with E-state index in [0.717, 1.165) is 5.56 Å². The number of carboxylic acids is 1. The molecule has 2 rings (SSSR count). The number of likely N-dealkylation sites (tertiary alicyclic amines) is 1. The summed E-state index contributed by atoms with van der Waals surface area (Å²) < 4.78 is 5.26. The number of aliphatic carboxylic acids is 1. The molecule has 1 saturated heterocycles. The molecule has 1 aromatic rings. The van der Waals surface area contributed by atoms with Gasteiger partial charge in [-0.3, -0.25) is 9.59 Å². The summed E-state index contributed by atoms with van der Waals surface area (Å²) in [6.45, 7) is 5.30. The first-order valence-corrected chi connectivity index (χ1v) is 7.87. The average molecular weight is 317 g/mol. The van der Waals surface area contributed by atoms with Crippen LogP contribution in [-0.4, -0.2) is 48.2 Å². The second kappa shape index (κ2) is 8.48. The van der Waals surface area contributed by atoms with E-state index < -0.39 is 11.9 Å². The monoisotopic (exact) mass is 317 g/mol. The molecule has 0 radical (unpaired) electrons. The van der Waals surface area contributed by atoms with Crippen LogP contribution in [0.15, 0.2) is 43.0 Å². The number of amides is 1. The molecule has 1 fully saturated rings. The van der Waals surface area contributed by atoms with Crippen LogP contribution in [0.5, 0.6) is 0 Å². The van der Waals surface area contributed by atoms with E-state index >= 15 is 0 Å². The summed E-state index contributed by atoms with van der Waals surface area (Å²) in [4.78, 5) is 25.5. The number of carbonyl (C=O) groups is 2. The van der Waals surface area contributed by atoms with Crippen LogP contribution in [0.2, 0.25) is 0 Å². The zero-order valence-corrected chi connectivity index (χ0v) is 13.2. The van der Waals surface area contributed by atoms with Crippen LogP contribution in [0, 0.1) is 5.92 Å². The van der Waals surface area contributed by atoms with E-state index in [2.05, 4.69) is 6.58 Å². The standard InChI is InChI=1S/C18H23NO4/c1-2-10-23-11-6-9-17(20)19-12-15(16(13-19)18(21)22)14-7-4-3-5-8-14/h2-5,7-8,15-16H,1,6,9-13H2,(H,21,22). The Hall–Kier alpha value is -2.14. The van der Waals surface area contributed by atoms with Crippen LogP contribution in [-0.2, 0) is 14.3 Å². The fourth-order valence-electron chi connectivity index (χ4n) is 2.95. The highest BCUT2D eigenvalue weighted by molar-refractivity contribution is 5.79. The summed E-state index contributed by atoms with van der Waals surface area (Å²) in [6.07, 6.45) is 2.69. The highest BCUT2D eigenvalue weighted by atomic mass is 16.5. The summed E-state index contributed by atoms with van der Waals surface area (Å²) in [5.74, 6) is -1.53. The molecule has 1 N–H and O–H groups in total. The minimum Gasteiger partial charge on any atom is -0.481 e. The smallest absolute Gasteiger partial charge is 0.308 e. The molecule has 1 heterocycles. The third-order valence-corrected chi connectivity index (χ3v) is 4.13. The largest absolute Gasteiger partial charge is 0.481 e. The van der Waals surface area contributed by atoms with Gasteiger partial charge in [-0.2, -0.15) is 0 Å².